The van der Waals surface area contributed by atoms with E-state index in [1.807, 2.05) is 31.2 Å². The molecule has 0 saturated carbocycles. The van der Waals surface area contributed by atoms with Gasteiger partial charge in [-0.2, -0.15) is 0 Å². The van der Waals surface area contributed by atoms with Gasteiger partial charge in [-0.25, -0.2) is 0 Å². The van der Waals surface area contributed by atoms with Crippen LogP contribution in [0.25, 0.3) is 0 Å². The molecule has 4 heteroatoms. The quantitative estimate of drug-likeness (QED) is 0.747. The van der Waals surface area contributed by atoms with E-state index in [4.69, 9.17) is 10.8 Å². The average molecular weight is 270 g/mol. The van der Waals surface area contributed by atoms with Crippen LogP contribution in [0.3, 0.4) is 0 Å². The highest BCUT2D eigenvalue weighted by Crippen LogP contribution is 2.15. The van der Waals surface area contributed by atoms with Crippen molar-refractivity contribution in [1.82, 2.24) is 0 Å². The Morgan fingerprint density at radius 1 is 1.20 bits per heavy atom. The molecule has 0 aliphatic carbocycles. The Balaban J connectivity index is 2.08. The summed E-state index contributed by atoms with van der Waals surface area (Å²) in [6.45, 7) is 1.99. The summed E-state index contributed by atoms with van der Waals surface area (Å²) >= 11 is 0. The van der Waals surface area contributed by atoms with E-state index in [0.717, 1.165) is 16.8 Å². The van der Waals surface area contributed by atoms with Crippen LogP contribution < -0.4 is 11.1 Å². The Kier molecular flexibility index (Phi) is 4.38. The SMILES string of the molecule is Cc1cc(C(=O)Nc2ccc(CCO)cc2)ccc1N. The van der Waals surface area contributed by atoms with E-state index >= 15 is 0 Å². The van der Waals surface area contributed by atoms with E-state index in [1.165, 1.54) is 0 Å². The first-order valence-electron chi connectivity index (χ1n) is 6.47. The molecule has 0 aliphatic rings. The molecular formula is C16H18N2O2. The molecule has 2 aromatic carbocycles. The number of aliphatic hydroxyl groups excluding tert-OH is 1. The van der Waals surface area contributed by atoms with Crippen LogP contribution in [0.1, 0.15) is 21.5 Å². The minimum atomic E-state index is -0.164. The number of aryl methyl sites for hydroxylation is 1. The predicted octanol–water partition coefficient (Wildman–Crippen LogP) is 2.36. The van der Waals surface area contributed by atoms with Gasteiger partial charge in [0, 0.05) is 23.5 Å². The van der Waals surface area contributed by atoms with Crippen LogP contribution in [0, 0.1) is 6.92 Å². The van der Waals surface area contributed by atoms with E-state index < -0.39 is 0 Å². The second-order valence-electron chi connectivity index (χ2n) is 4.70. The largest absolute Gasteiger partial charge is 0.399 e. The third kappa shape index (κ3) is 3.36. The summed E-state index contributed by atoms with van der Waals surface area (Å²) in [7, 11) is 0. The normalized spacial score (nSPS) is 10.3. The number of aliphatic hydroxyl groups is 1. The van der Waals surface area contributed by atoms with Gasteiger partial charge in [0.1, 0.15) is 0 Å². The van der Waals surface area contributed by atoms with Crippen LogP contribution in [-0.2, 0) is 6.42 Å². The highest BCUT2D eigenvalue weighted by atomic mass is 16.2. The van der Waals surface area contributed by atoms with Crippen molar-refractivity contribution in [3.05, 3.63) is 59.2 Å². The highest BCUT2D eigenvalue weighted by Gasteiger charge is 2.07. The van der Waals surface area contributed by atoms with Crippen molar-refractivity contribution in [2.24, 2.45) is 0 Å². The maximum Gasteiger partial charge on any atom is 0.255 e. The molecule has 2 rings (SSSR count). The molecular weight excluding hydrogens is 252 g/mol. The minimum absolute atomic E-state index is 0.121. The topological polar surface area (TPSA) is 75.3 Å². The maximum absolute atomic E-state index is 12.1. The first-order chi connectivity index (χ1) is 9.60. The summed E-state index contributed by atoms with van der Waals surface area (Å²) in [6.07, 6.45) is 0.616. The van der Waals surface area contributed by atoms with Crippen molar-refractivity contribution in [3.63, 3.8) is 0 Å². The van der Waals surface area contributed by atoms with Gasteiger partial charge in [0.15, 0.2) is 0 Å². The zero-order valence-electron chi connectivity index (χ0n) is 11.4. The minimum Gasteiger partial charge on any atom is -0.399 e. The third-order valence-electron chi connectivity index (χ3n) is 3.14. The summed E-state index contributed by atoms with van der Waals surface area (Å²) in [6, 6.07) is 12.6. The van der Waals surface area contributed by atoms with Crippen LogP contribution in [0.2, 0.25) is 0 Å². The molecule has 0 unspecified atom stereocenters. The molecule has 1 amide bonds. The lowest BCUT2D eigenvalue weighted by Gasteiger charge is -2.08. The Morgan fingerprint density at radius 2 is 1.90 bits per heavy atom. The molecule has 2 aromatic rings. The first kappa shape index (κ1) is 14.1. The number of hydrogen-bond acceptors (Lipinski definition) is 3. The van der Waals surface area contributed by atoms with Crippen LogP contribution in [0.4, 0.5) is 11.4 Å². The number of benzene rings is 2. The van der Waals surface area contributed by atoms with E-state index in [2.05, 4.69) is 5.32 Å². The molecule has 0 fully saturated rings. The average Bonchev–Trinajstić information content (AvgIpc) is 2.44. The number of anilines is 2. The fourth-order valence-corrected chi connectivity index (χ4v) is 1.90. The molecule has 4 N–H and O–H groups in total. The molecule has 0 radical (unpaired) electrons. The number of carbonyl (C=O) groups is 1. The number of amides is 1. The van der Waals surface area contributed by atoms with E-state index in [0.29, 0.717) is 17.7 Å². The molecule has 0 spiro atoms. The van der Waals surface area contributed by atoms with Crippen molar-refractivity contribution < 1.29 is 9.90 Å². The van der Waals surface area contributed by atoms with Gasteiger partial charge in [-0.3, -0.25) is 4.79 Å². The zero-order valence-corrected chi connectivity index (χ0v) is 11.4. The summed E-state index contributed by atoms with van der Waals surface area (Å²) in [5.41, 5.74) is 9.64. The van der Waals surface area contributed by atoms with Gasteiger partial charge < -0.3 is 16.2 Å². The van der Waals surface area contributed by atoms with Crippen LogP contribution in [0.15, 0.2) is 42.5 Å². The van der Waals surface area contributed by atoms with Gasteiger partial charge in [0.25, 0.3) is 5.91 Å². The molecule has 0 saturated heterocycles. The van der Waals surface area contributed by atoms with Crippen molar-refractivity contribution in [2.75, 3.05) is 17.7 Å². The smallest absolute Gasteiger partial charge is 0.255 e. The predicted molar refractivity (Wildman–Crippen MR) is 80.8 cm³/mol. The number of nitrogens with one attached hydrogen (secondary N) is 1. The zero-order chi connectivity index (χ0) is 14.5. The van der Waals surface area contributed by atoms with E-state index in [-0.39, 0.29) is 12.5 Å². The van der Waals surface area contributed by atoms with Gasteiger partial charge in [-0.15, -0.1) is 0 Å². The molecule has 0 heterocycles. The van der Waals surface area contributed by atoms with E-state index in [1.54, 1.807) is 18.2 Å². The highest BCUT2D eigenvalue weighted by molar-refractivity contribution is 6.04. The summed E-state index contributed by atoms with van der Waals surface area (Å²) in [5, 5.41) is 11.7. The number of carbonyl (C=O) groups excluding carboxylic acids is 1. The standard InChI is InChI=1S/C16H18N2O2/c1-11-10-13(4-7-15(11)17)16(20)18-14-5-2-12(3-6-14)8-9-19/h2-7,10,19H,8-9,17H2,1H3,(H,18,20). The van der Waals surface area contributed by atoms with Crippen molar-refractivity contribution in [1.29, 1.82) is 0 Å². The third-order valence-corrected chi connectivity index (χ3v) is 3.14. The molecule has 104 valence electrons. The summed E-state index contributed by atoms with van der Waals surface area (Å²) < 4.78 is 0. The van der Waals surface area contributed by atoms with Gasteiger partial charge in [-0.05, 0) is 54.8 Å². The number of nitrogens with two attached hydrogens (primary N) is 1. The molecule has 4 nitrogen and oxygen atoms in total. The van der Waals surface area contributed by atoms with Gasteiger partial charge in [0.2, 0.25) is 0 Å². The summed E-state index contributed by atoms with van der Waals surface area (Å²) in [5.74, 6) is -0.164. The first-order valence-corrected chi connectivity index (χ1v) is 6.47. The lowest BCUT2D eigenvalue weighted by atomic mass is 10.1. The van der Waals surface area contributed by atoms with Gasteiger partial charge >= 0.3 is 0 Å². The lowest BCUT2D eigenvalue weighted by Crippen LogP contribution is -2.12. The monoisotopic (exact) mass is 270 g/mol. The molecule has 20 heavy (non-hydrogen) atoms. The van der Waals surface area contributed by atoms with Crippen LogP contribution in [0.5, 0.6) is 0 Å². The molecule has 0 aliphatic heterocycles. The van der Waals surface area contributed by atoms with Crippen molar-refractivity contribution >= 4 is 17.3 Å². The fraction of sp³-hybridized carbons (Fsp3) is 0.188. The van der Waals surface area contributed by atoms with E-state index in [9.17, 15) is 4.79 Å². The second-order valence-corrected chi connectivity index (χ2v) is 4.70. The summed E-state index contributed by atoms with van der Waals surface area (Å²) in [4.78, 5) is 12.1. The number of nitrogen functional groups attached to an aromatic ring is 1. The van der Waals surface area contributed by atoms with Gasteiger partial charge in [-0.1, -0.05) is 12.1 Å². The fourth-order valence-electron chi connectivity index (χ4n) is 1.90. The lowest BCUT2D eigenvalue weighted by molar-refractivity contribution is 0.102. The second kappa shape index (κ2) is 6.21. The molecule has 0 aromatic heterocycles. The molecule has 0 bridgehead atoms. The molecule has 0 atom stereocenters. The van der Waals surface area contributed by atoms with Crippen LogP contribution >= 0.6 is 0 Å². The Labute approximate surface area is 118 Å². The van der Waals surface area contributed by atoms with Gasteiger partial charge in [0.05, 0.1) is 0 Å². The Bertz CT molecular complexity index is 606. The Hall–Kier alpha value is -2.33. The van der Waals surface area contributed by atoms with Crippen LogP contribution in [-0.4, -0.2) is 17.6 Å². The number of rotatable bonds is 4. The number of hydrogen-bond donors (Lipinski definition) is 3. The van der Waals surface area contributed by atoms with Crippen molar-refractivity contribution in [3.8, 4) is 0 Å². The Morgan fingerprint density at radius 3 is 2.50 bits per heavy atom. The maximum atomic E-state index is 12.1. The van der Waals surface area contributed by atoms with Crippen molar-refractivity contribution in [2.45, 2.75) is 13.3 Å².